The Labute approximate surface area is 170 Å². The molecule has 3 aromatic rings. The molecule has 0 fully saturated rings. The zero-order valence-electron chi connectivity index (χ0n) is 16.3. The highest BCUT2D eigenvalue weighted by Crippen LogP contribution is 2.24. The van der Waals surface area contributed by atoms with Crippen LogP contribution < -0.4 is 5.32 Å². The number of hydrogen-bond acceptors (Lipinski definition) is 4. The number of nitrogens with one attached hydrogen (secondary N) is 1. The lowest BCUT2D eigenvalue weighted by Crippen LogP contribution is -2.30. The molecular formula is C22H26N4OS. The fourth-order valence-corrected chi connectivity index (χ4v) is 3.96. The highest BCUT2D eigenvalue weighted by atomic mass is 32.2. The van der Waals surface area contributed by atoms with E-state index >= 15 is 0 Å². The van der Waals surface area contributed by atoms with Crippen molar-refractivity contribution in [3.8, 4) is 11.4 Å². The van der Waals surface area contributed by atoms with E-state index in [0.29, 0.717) is 5.75 Å². The van der Waals surface area contributed by atoms with Crippen LogP contribution in [0.2, 0.25) is 0 Å². The summed E-state index contributed by atoms with van der Waals surface area (Å²) in [6.45, 7) is 4.95. The van der Waals surface area contributed by atoms with Crippen LogP contribution in [0, 0.1) is 0 Å². The van der Waals surface area contributed by atoms with Gasteiger partial charge in [0.2, 0.25) is 5.91 Å². The summed E-state index contributed by atoms with van der Waals surface area (Å²) >= 11 is 1.43. The lowest BCUT2D eigenvalue weighted by atomic mass is 10.0. The minimum atomic E-state index is 0.0132. The van der Waals surface area contributed by atoms with Crippen LogP contribution in [-0.2, 0) is 11.3 Å². The summed E-state index contributed by atoms with van der Waals surface area (Å²) in [6.07, 6.45) is 1.93. The molecule has 146 valence electrons. The van der Waals surface area contributed by atoms with Gasteiger partial charge in [0, 0.05) is 12.1 Å². The Kier molecular flexibility index (Phi) is 7.25. The molecule has 0 aliphatic carbocycles. The number of carbonyl (C=O) groups excluding carboxylic acids is 1. The smallest absolute Gasteiger partial charge is 0.230 e. The van der Waals surface area contributed by atoms with E-state index in [1.807, 2.05) is 53.1 Å². The van der Waals surface area contributed by atoms with E-state index in [4.69, 9.17) is 0 Å². The average molecular weight is 395 g/mol. The van der Waals surface area contributed by atoms with Crippen molar-refractivity contribution in [2.75, 3.05) is 5.75 Å². The maximum atomic E-state index is 12.6. The molecule has 1 N–H and O–H groups in total. The van der Waals surface area contributed by atoms with Gasteiger partial charge >= 0.3 is 0 Å². The number of rotatable bonds is 9. The molecule has 0 saturated heterocycles. The van der Waals surface area contributed by atoms with Crippen LogP contribution >= 0.6 is 11.8 Å². The van der Waals surface area contributed by atoms with Crippen LogP contribution in [0.1, 0.15) is 38.3 Å². The molecule has 0 bridgehead atoms. The first-order valence-electron chi connectivity index (χ1n) is 9.68. The SMILES string of the molecule is CCC[C@@H](NC(=O)CSc1nnc(-c2ccccc2)n1CC)c1ccccc1. The minimum Gasteiger partial charge on any atom is -0.349 e. The Balaban J connectivity index is 1.65. The number of carbonyl (C=O) groups is 1. The van der Waals surface area contributed by atoms with Gasteiger partial charge in [-0.15, -0.1) is 10.2 Å². The lowest BCUT2D eigenvalue weighted by molar-refractivity contribution is -0.119. The number of benzene rings is 2. The van der Waals surface area contributed by atoms with Crippen LogP contribution in [0.25, 0.3) is 11.4 Å². The van der Waals surface area contributed by atoms with Crippen molar-refractivity contribution in [1.29, 1.82) is 0 Å². The van der Waals surface area contributed by atoms with Crippen LogP contribution in [0.4, 0.5) is 0 Å². The number of amides is 1. The molecule has 0 spiro atoms. The molecule has 0 saturated carbocycles. The first kappa shape index (κ1) is 20.1. The molecule has 0 unspecified atom stereocenters. The van der Waals surface area contributed by atoms with Gasteiger partial charge in [-0.2, -0.15) is 0 Å². The van der Waals surface area contributed by atoms with E-state index in [0.717, 1.165) is 41.5 Å². The molecule has 1 aromatic heterocycles. The molecule has 1 amide bonds. The van der Waals surface area contributed by atoms with Crippen LogP contribution in [0.15, 0.2) is 65.8 Å². The van der Waals surface area contributed by atoms with Crippen molar-refractivity contribution in [1.82, 2.24) is 20.1 Å². The quantitative estimate of drug-likeness (QED) is 0.534. The van der Waals surface area contributed by atoms with Crippen molar-refractivity contribution in [2.45, 2.75) is 44.4 Å². The summed E-state index contributed by atoms with van der Waals surface area (Å²) in [5.74, 6) is 1.17. The van der Waals surface area contributed by atoms with Crippen molar-refractivity contribution >= 4 is 17.7 Å². The summed E-state index contributed by atoms with van der Waals surface area (Å²) in [7, 11) is 0. The van der Waals surface area contributed by atoms with Gasteiger partial charge in [0.05, 0.1) is 11.8 Å². The molecule has 2 aromatic carbocycles. The van der Waals surface area contributed by atoms with Crippen LogP contribution in [-0.4, -0.2) is 26.4 Å². The fraction of sp³-hybridized carbons (Fsp3) is 0.318. The summed E-state index contributed by atoms with van der Waals surface area (Å²) in [4.78, 5) is 12.6. The number of thioether (sulfide) groups is 1. The summed E-state index contributed by atoms with van der Waals surface area (Å²) in [5.41, 5.74) is 2.17. The highest BCUT2D eigenvalue weighted by molar-refractivity contribution is 7.99. The van der Waals surface area contributed by atoms with Crippen molar-refractivity contribution < 1.29 is 4.79 Å². The summed E-state index contributed by atoms with van der Waals surface area (Å²) < 4.78 is 2.05. The Morgan fingerprint density at radius 1 is 1.04 bits per heavy atom. The van der Waals surface area contributed by atoms with Gasteiger partial charge in [-0.1, -0.05) is 85.8 Å². The normalized spacial score (nSPS) is 11.9. The van der Waals surface area contributed by atoms with Gasteiger partial charge in [0.15, 0.2) is 11.0 Å². The molecule has 0 radical (unpaired) electrons. The maximum absolute atomic E-state index is 12.6. The predicted molar refractivity (Wildman–Crippen MR) is 114 cm³/mol. The van der Waals surface area contributed by atoms with Gasteiger partial charge in [-0.05, 0) is 18.9 Å². The lowest BCUT2D eigenvalue weighted by Gasteiger charge is -2.18. The second kappa shape index (κ2) is 10.1. The molecule has 1 heterocycles. The third-order valence-corrected chi connectivity index (χ3v) is 5.48. The number of hydrogen-bond donors (Lipinski definition) is 1. The number of nitrogens with zero attached hydrogens (tertiary/aromatic N) is 3. The molecule has 0 aliphatic heterocycles. The van der Waals surface area contributed by atoms with Crippen molar-refractivity contribution in [3.05, 3.63) is 66.2 Å². The molecule has 0 aliphatic rings. The maximum Gasteiger partial charge on any atom is 0.230 e. The summed E-state index contributed by atoms with van der Waals surface area (Å²) in [5, 5.41) is 12.6. The van der Waals surface area contributed by atoms with E-state index in [2.05, 4.69) is 41.5 Å². The Morgan fingerprint density at radius 2 is 1.71 bits per heavy atom. The van der Waals surface area contributed by atoms with E-state index < -0.39 is 0 Å². The monoisotopic (exact) mass is 394 g/mol. The third kappa shape index (κ3) is 5.01. The van der Waals surface area contributed by atoms with Crippen LogP contribution in [0.3, 0.4) is 0 Å². The van der Waals surface area contributed by atoms with Gasteiger partial charge in [-0.3, -0.25) is 4.79 Å². The first-order chi connectivity index (χ1) is 13.7. The van der Waals surface area contributed by atoms with E-state index in [-0.39, 0.29) is 11.9 Å². The third-order valence-electron chi connectivity index (χ3n) is 4.51. The highest BCUT2D eigenvalue weighted by Gasteiger charge is 2.17. The van der Waals surface area contributed by atoms with Gasteiger partial charge in [0.1, 0.15) is 0 Å². The zero-order valence-corrected chi connectivity index (χ0v) is 17.2. The first-order valence-corrected chi connectivity index (χ1v) is 10.7. The van der Waals surface area contributed by atoms with Gasteiger partial charge in [-0.25, -0.2) is 0 Å². The topological polar surface area (TPSA) is 59.8 Å². The molecule has 1 atom stereocenters. The molecule has 28 heavy (non-hydrogen) atoms. The largest absolute Gasteiger partial charge is 0.349 e. The minimum absolute atomic E-state index is 0.0132. The van der Waals surface area contributed by atoms with Crippen molar-refractivity contribution in [2.24, 2.45) is 0 Å². The van der Waals surface area contributed by atoms with Gasteiger partial charge < -0.3 is 9.88 Å². The summed E-state index contributed by atoms with van der Waals surface area (Å²) in [6, 6.07) is 20.2. The molecule has 6 heteroatoms. The van der Waals surface area contributed by atoms with E-state index in [1.54, 1.807) is 0 Å². The zero-order chi connectivity index (χ0) is 19.8. The Hall–Kier alpha value is -2.60. The average Bonchev–Trinajstić information content (AvgIpc) is 3.16. The van der Waals surface area contributed by atoms with E-state index in [1.165, 1.54) is 11.8 Å². The number of aromatic nitrogens is 3. The Morgan fingerprint density at radius 3 is 2.36 bits per heavy atom. The fourth-order valence-electron chi connectivity index (χ4n) is 3.14. The molecule has 3 rings (SSSR count). The van der Waals surface area contributed by atoms with E-state index in [9.17, 15) is 4.79 Å². The van der Waals surface area contributed by atoms with Crippen molar-refractivity contribution in [3.63, 3.8) is 0 Å². The Bertz CT molecular complexity index is 880. The second-order valence-corrected chi connectivity index (χ2v) is 7.47. The van der Waals surface area contributed by atoms with Gasteiger partial charge in [0.25, 0.3) is 0 Å². The standard InChI is InChI=1S/C22H26N4OS/c1-3-11-19(17-12-7-5-8-13-17)23-20(27)16-28-22-25-24-21(26(22)4-2)18-14-9-6-10-15-18/h5-10,12-15,19H,3-4,11,16H2,1-2H3,(H,23,27)/t19-/m1/s1. The van der Waals surface area contributed by atoms with Crippen LogP contribution in [0.5, 0.6) is 0 Å². The molecule has 5 nitrogen and oxygen atoms in total. The second-order valence-electron chi connectivity index (χ2n) is 6.52. The molecular weight excluding hydrogens is 368 g/mol. The predicted octanol–water partition coefficient (Wildman–Crippen LogP) is 4.71.